The molecule has 4 rings (SSSR count). The van der Waals surface area contributed by atoms with Crippen LogP contribution in [0, 0.1) is 0 Å². The monoisotopic (exact) mass is 448 g/mol. The van der Waals surface area contributed by atoms with Crippen LogP contribution in [0.3, 0.4) is 0 Å². The van der Waals surface area contributed by atoms with Crippen LogP contribution in [-0.2, 0) is 9.47 Å². The smallest absolute Gasteiger partial charge is 0.289 e. The van der Waals surface area contributed by atoms with Crippen molar-refractivity contribution >= 4 is 30.7 Å². The average molecular weight is 448 g/mol. The first kappa shape index (κ1) is 22.1. The third kappa shape index (κ3) is 5.20. The SMILES string of the molecule is CCCCP(c1ccc(C(=O)N2CCOCC2)o1)c1ccc(C(=O)N2CCOCC2)o1. The molecule has 0 aromatic carbocycles. The molecule has 0 unspecified atom stereocenters. The molecule has 9 heteroatoms. The van der Waals surface area contributed by atoms with Gasteiger partial charge in [0, 0.05) is 34.1 Å². The lowest BCUT2D eigenvalue weighted by atomic mass is 10.3. The number of carbonyl (C=O) groups excluding carboxylic acids is 2. The lowest BCUT2D eigenvalue weighted by Crippen LogP contribution is -2.40. The molecule has 2 aromatic heterocycles. The van der Waals surface area contributed by atoms with Crippen molar-refractivity contribution in [1.29, 1.82) is 0 Å². The molecule has 2 saturated heterocycles. The van der Waals surface area contributed by atoms with E-state index in [0.29, 0.717) is 64.1 Å². The van der Waals surface area contributed by atoms with Crippen LogP contribution in [0.5, 0.6) is 0 Å². The molecule has 0 aliphatic carbocycles. The first-order chi connectivity index (χ1) is 15.2. The van der Waals surface area contributed by atoms with Crippen LogP contribution in [0.15, 0.2) is 33.1 Å². The zero-order chi connectivity index (χ0) is 21.6. The summed E-state index contributed by atoms with van der Waals surface area (Å²) in [7, 11) is -0.924. The van der Waals surface area contributed by atoms with Crippen LogP contribution in [0.4, 0.5) is 0 Å². The van der Waals surface area contributed by atoms with E-state index in [9.17, 15) is 9.59 Å². The fourth-order valence-corrected chi connectivity index (χ4v) is 5.88. The summed E-state index contributed by atoms with van der Waals surface area (Å²) in [6.07, 6.45) is 2.93. The summed E-state index contributed by atoms with van der Waals surface area (Å²) in [6, 6.07) is 7.25. The van der Waals surface area contributed by atoms with Gasteiger partial charge in [-0.1, -0.05) is 13.3 Å². The molecule has 31 heavy (non-hydrogen) atoms. The topological polar surface area (TPSA) is 85.4 Å². The van der Waals surface area contributed by atoms with Gasteiger partial charge in [-0.25, -0.2) is 0 Å². The molecule has 4 heterocycles. The van der Waals surface area contributed by atoms with Crippen molar-refractivity contribution < 1.29 is 27.9 Å². The number of hydrogen-bond donors (Lipinski definition) is 0. The highest BCUT2D eigenvalue weighted by atomic mass is 31.1. The van der Waals surface area contributed by atoms with E-state index in [0.717, 1.165) is 30.0 Å². The molecule has 2 fully saturated rings. The van der Waals surface area contributed by atoms with Crippen LogP contribution in [-0.4, -0.2) is 80.4 Å². The summed E-state index contributed by atoms with van der Waals surface area (Å²) in [4.78, 5) is 29.0. The van der Waals surface area contributed by atoms with E-state index < -0.39 is 7.92 Å². The highest BCUT2D eigenvalue weighted by Crippen LogP contribution is 2.36. The van der Waals surface area contributed by atoms with Gasteiger partial charge in [0.1, 0.15) is 11.0 Å². The fourth-order valence-electron chi connectivity index (χ4n) is 3.67. The van der Waals surface area contributed by atoms with Crippen LogP contribution in [0.25, 0.3) is 0 Å². The van der Waals surface area contributed by atoms with Crippen LogP contribution in [0.1, 0.15) is 40.9 Å². The zero-order valence-corrected chi connectivity index (χ0v) is 18.8. The van der Waals surface area contributed by atoms with Gasteiger partial charge < -0.3 is 28.1 Å². The van der Waals surface area contributed by atoms with Crippen LogP contribution >= 0.6 is 7.92 Å². The van der Waals surface area contributed by atoms with Gasteiger partial charge in [-0.2, -0.15) is 0 Å². The van der Waals surface area contributed by atoms with E-state index in [-0.39, 0.29) is 11.8 Å². The minimum absolute atomic E-state index is 0.109. The third-order valence-electron chi connectivity index (χ3n) is 5.47. The third-order valence-corrected chi connectivity index (χ3v) is 7.78. The number of rotatable bonds is 7. The van der Waals surface area contributed by atoms with Gasteiger partial charge in [0.25, 0.3) is 11.8 Å². The highest BCUT2D eigenvalue weighted by Gasteiger charge is 2.27. The first-order valence-electron chi connectivity index (χ1n) is 10.9. The van der Waals surface area contributed by atoms with Crippen molar-refractivity contribution in [2.45, 2.75) is 19.8 Å². The summed E-state index contributed by atoms with van der Waals surface area (Å²) in [6.45, 7) is 6.64. The second-order valence-electron chi connectivity index (χ2n) is 7.59. The number of amides is 2. The molecule has 2 amide bonds. The van der Waals surface area contributed by atoms with E-state index in [1.54, 1.807) is 21.9 Å². The van der Waals surface area contributed by atoms with Gasteiger partial charge in [0.15, 0.2) is 11.5 Å². The number of ether oxygens (including phenoxy) is 2. The van der Waals surface area contributed by atoms with E-state index in [1.807, 2.05) is 12.1 Å². The first-order valence-corrected chi connectivity index (χ1v) is 12.4. The Kier molecular flexibility index (Phi) is 7.43. The maximum atomic E-state index is 12.8. The molecule has 0 bridgehead atoms. The number of nitrogens with zero attached hydrogens (tertiary/aromatic N) is 2. The molecule has 0 spiro atoms. The van der Waals surface area contributed by atoms with E-state index in [1.165, 1.54) is 0 Å². The second kappa shape index (κ2) is 10.4. The van der Waals surface area contributed by atoms with Crippen molar-refractivity contribution in [3.63, 3.8) is 0 Å². The Labute approximate surface area is 183 Å². The van der Waals surface area contributed by atoms with Crippen molar-refractivity contribution in [3.05, 3.63) is 35.8 Å². The number of carbonyl (C=O) groups is 2. The van der Waals surface area contributed by atoms with Crippen LogP contribution < -0.4 is 11.0 Å². The van der Waals surface area contributed by atoms with Crippen LogP contribution in [0.2, 0.25) is 0 Å². The number of furan rings is 2. The van der Waals surface area contributed by atoms with Gasteiger partial charge in [-0.3, -0.25) is 9.59 Å². The Morgan fingerprint density at radius 2 is 1.26 bits per heavy atom. The summed E-state index contributed by atoms with van der Waals surface area (Å²) in [5.74, 6) is 0.472. The Hall–Kier alpha value is -2.15. The maximum absolute atomic E-state index is 12.8. The minimum atomic E-state index is -0.924. The highest BCUT2D eigenvalue weighted by molar-refractivity contribution is 7.72. The Morgan fingerprint density at radius 3 is 1.68 bits per heavy atom. The minimum Gasteiger partial charge on any atom is -0.451 e. The molecule has 2 aliphatic heterocycles. The summed E-state index contributed by atoms with van der Waals surface area (Å²) in [5, 5.41) is 0. The Bertz CT molecular complexity index is 814. The summed E-state index contributed by atoms with van der Waals surface area (Å²) >= 11 is 0. The molecular formula is C22H29N2O6P. The van der Waals surface area contributed by atoms with Crippen molar-refractivity contribution in [3.8, 4) is 0 Å². The molecule has 2 aromatic rings. The van der Waals surface area contributed by atoms with Gasteiger partial charge in [-0.15, -0.1) is 0 Å². The van der Waals surface area contributed by atoms with Gasteiger partial charge in [0.2, 0.25) is 0 Å². The lowest BCUT2D eigenvalue weighted by molar-refractivity contribution is 0.0283. The van der Waals surface area contributed by atoms with Crippen molar-refractivity contribution in [1.82, 2.24) is 9.80 Å². The normalized spacial score (nSPS) is 17.4. The molecule has 2 aliphatic rings. The Balaban J connectivity index is 1.51. The number of unbranched alkanes of at least 4 members (excludes halogenated alkanes) is 1. The maximum Gasteiger partial charge on any atom is 0.289 e. The molecule has 0 atom stereocenters. The quantitative estimate of drug-likeness (QED) is 0.603. The summed E-state index contributed by atoms with van der Waals surface area (Å²) < 4.78 is 22.7. The van der Waals surface area contributed by atoms with E-state index in [4.69, 9.17) is 18.3 Å². The predicted molar refractivity (Wildman–Crippen MR) is 117 cm³/mol. The Morgan fingerprint density at radius 1 is 0.806 bits per heavy atom. The molecular weight excluding hydrogens is 419 g/mol. The fraction of sp³-hybridized carbons (Fsp3) is 0.545. The largest absolute Gasteiger partial charge is 0.451 e. The summed E-state index contributed by atoms with van der Waals surface area (Å²) in [5.41, 5.74) is 1.50. The second-order valence-corrected chi connectivity index (χ2v) is 9.77. The van der Waals surface area contributed by atoms with E-state index >= 15 is 0 Å². The van der Waals surface area contributed by atoms with Gasteiger partial charge >= 0.3 is 0 Å². The number of morpholine rings is 2. The molecule has 0 radical (unpaired) electrons. The predicted octanol–water partition coefficient (Wildman–Crippen LogP) is 2.05. The molecule has 0 saturated carbocycles. The lowest BCUT2D eigenvalue weighted by Gasteiger charge is -2.26. The molecule has 168 valence electrons. The van der Waals surface area contributed by atoms with Gasteiger partial charge in [-0.05, 0) is 36.8 Å². The molecule has 8 nitrogen and oxygen atoms in total. The van der Waals surface area contributed by atoms with Crippen molar-refractivity contribution in [2.75, 3.05) is 58.8 Å². The number of hydrogen-bond acceptors (Lipinski definition) is 6. The van der Waals surface area contributed by atoms with Crippen molar-refractivity contribution in [2.24, 2.45) is 0 Å². The molecule has 0 N–H and O–H groups in total. The standard InChI is InChI=1S/C22H29N2O6P/c1-2-3-16-31(19-6-4-17(29-19)21(25)23-8-12-27-13-9-23)20-7-5-18(30-20)22(26)24-10-14-28-15-11-24/h4-7H,2-3,8-16H2,1H3. The van der Waals surface area contributed by atoms with E-state index in [2.05, 4.69) is 6.92 Å². The average Bonchev–Trinajstić information content (AvgIpc) is 3.50. The van der Waals surface area contributed by atoms with Gasteiger partial charge in [0.05, 0.1) is 26.4 Å². The zero-order valence-electron chi connectivity index (χ0n) is 17.9.